The Balaban J connectivity index is 1.97. The molecule has 0 N–H and O–H groups in total. The summed E-state index contributed by atoms with van der Waals surface area (Å²) in [5, 5.41) is 4.50. The van der Waals surface area contributed by atoms with Crippen LogP contribution in [0.25, 0.3) is 0 Å². The maximum Gasteiger partial charge on any atom is 0.0544 e. The minimum atomic E-state index is 0.583. The van der Waals surface area contributed by atoms with Gasteiger partial charge in [-0.3, -0.25) is 8.99 Å². The molecule has 1 aliphatic rings. The Morgan fingerprint density at radius 1 is 1.38 bits per heavy atom. The fraction of sp³-hybridized carbons (Fsp3) is 0.750. The summed E-state index contributed by atoms with van der Waals surface area (Å²) in [6, 6.07) is 0.607. The van der Waals surface area contributed by atoms with E-state index in [0.717, 1.165) is 0 Å². The van der Waals surface area contributed by atoms with Gasteiger partial charge in [-0.15, -0.1) is 0 Å². The van der Waals surface area contributed by atoms with E-state index in [1.165, 1.54) is 31.5 Å². The minimum absolute atomic E-state index is 0.583. The van der Waals surface area contributed by atoms with Crippen LogP contribution in [0.3, 0.4) is 0 Å². The molecule has 1 aromatic heterocycles. The van der Waals surface area contributed by atoms with Crippen molar-refractivity contribution in [3.63, 3.8) is 0 Å². The van der Waals surface area contributed by atoms with E-state index in [9.17, 15) is 0 Å². The van der Waals surface area contributed by atoms with E-state index in [0.29, 0.717) is 12.0 Å². The van der Waals surface area contributed by atoms with Crippen molar-refractivity contribution in [2.75, 3.05) is 19.3 Å². The topological polar surface area (TPSA) is 21.1 Å². The Labute approximate surface area is 102 Å². The maximum atomic E-state index is 4.50. The second-order valence-electron chi connectivity index (χ2n) is 4.75. The molecular weight excluding hydrogens is 218 g/mol. The highest BCUT2D eigenvalue weighted by Gasteiger charge is 2.20. The third-order valence-electron chi connectivity index (χ3n) is 3.34. The molecule has 2 heterocycles. The van der Waals surface area contributed by atoms with E-state index < -0.39 is 0 Å². The molecule has 0 radical (unpaired) electrons. The van der Waals surface area contributed by atoms with Crippen molar-refractivity contribution >= 4 is 11.9 Å². The van der Waals surface area contributed by atoms with E-state index in [1.54, 1.807) is 0 Å². The number of piperidine rings is 1. The van der Waals surface area contributed by atoms with Crippen LogP contribution in [0, 0.1) is 0 Å². The van der Waals surface area contributed by atoms with Gasteiger partial charge in [-0.05, 0) is 30.6 Å². The van der Waals surface area contributed by atoms with Gasteiger partial charge in [0.2, 0.25) is 0 Å². The maximum absolute atomic E-state index is 4.50. The number of hydrogen-bond acceptors (Lipinski definition) is 3. The number of nitrogens with zero attached hydrogens (tertiary/aromatic N) is 3. The van der Waals surface area contributed by atoms with Crippen molar-refractivity contribution in [3.8, 4) is 0 Å². The van der Waals surface area contributed by atoms with Gasteiger partial charge in [0.25, 0.3) is 0 Å². The molecule has 1 fully saturated rings. The number of aromatic nitrogens is 2. The summed E-state index contributed by atoms with van der Waals surface area (Å²) in [7, 11) is 0. The third-order valence-corrected chi connectivity index (χ3v) is 4.23. The third kappa shape index (κ3) is 2.61. The minimum Gasteiger partial charge on any atom is -0.269 e. The van der Waals surface area contributed by atoms with Crippen LogP contribution in [0.15, 0.2) is 12.4 Å². The summed E-state index contributed by atoms with van der Waals surface area (Å²) in [4.78, 5) is 0. The standard InChI is InChI=1S/C12H21N3S/c1-10(2)11-8-13-15(9-11)12-4-6-14(16-3)7-5-12/h8-10,12H,4-7H2,1-3H3. The molecule has 0 atom stereocenters. The largest absolute Gasteiger partial charge is 0.269 e. The van der Waals surface area contributed by atoms with Crippen molar-refractivity contribution < 1.29 is 0 Å². The summed E-state index contributed by atoms with van der Waals surface area (Å²) in [5.74, 6) is 0.583. The molecule has 3 nitrogen and oxygen atoms in total. The van der Waals surface area contributed by atoms with Crippen LogP contribution in [-0.4, -0.2) is 33.4 Å². The molecule has 4 heteroatoms. The van der Waals surface area contributed by atoms with Crippen LogP contribution >= 0.6 is 11.9 Å². The first kappa shape index (κ1) is 12.0. The molecule has 16 heavy (non-hydrogen) atoms. The summed E-state index contributed by atoms with van der Waals surface area (Å²) < 4.78 is 4.61. The molecule has 1 aliphatic heterocycles. The van der Waals surface area contributed by atoms with Crippen LogP contribution in [0.5, 0.6) is 0 Å². The van der Waals surface area contributed by atoms with Crippen LogP contribution in [0.4, 0.5) is 0 Å². The molecule has 90 valence electrons. The SMILES string of the molecule is CSN1CCC(n2cc(C(C)C)cn2)CC1. The van der Waals surface area contributed by atoms with Gasteiger partial charge in [0.05, 0.1) is 12.2 Å². The highest BCUT2D eigenvalue weighted by Crippen LogP contribution is 2.26. The van der Waals surface area contributed by atoms with Gasteiger partial charge in [-0.1, -0.05) is 25.8 Å². The van der Waals surface area contributed by atoms with Crippen molar-refractivity contribution in [1.82, 2.24) is 14.1 Å². The van der Waals surface area contributed by atoms with Crippen LogP contribution in [0.2, 0.25) is 0 Å². The summed E-state index contributed by atoms with van der Waals surface area (Å²) in [6.45, 7) is 6.81. The molecule has 0 amide bonds. The Bertz CT molecular complexity index is 327. The van der Waals surface area contributed by atoms with Crippen molar-refractivity contribution in [2.24, 2.45) is 0 Å². The Morgan fingerprint density at radius 2 is 2.06 bits per heavy atom. The average Bonchev–Trinajstić information content (AvgIpc) is 2.78. The van der Waals surface area contributed by atoms with E-state index in [4.69, 9.17) is 0 Å². The molecule has 0 saturated carbocycles. The Kier molecular flexibility index (Phi) is 3.92. The highest BCUT2D eigenvalue weighted by atomic mass is 32.2. The van der Waals surface area contributed by atoms with Gasteiger partial charge in [0, 0.05) is 19.3 Å². The van der Waals surface area contributed by atoms with Crippen LogP contribution in [0.1, 0.15) is 44.2 Å². The fourth-order valence-corrected chi connectivity index (χ4v) is 2.72. The molecule has 1 aromatic rings. The first-order valence-electron chi connectivity index (χ1n) is 6.04. The predicted octanol–water partition coefficient (Wildman–Crippen LogP) is 2.92. The van der Waals surface area contributed by atoms with E-state index in [1.807, 2.05) is 18.1 Å². The first-order chi connectivity index (χ1) is 7.70. The summed E-state index contributed by atoms with van der Waals surface area (Å²) >= 11 is 1.86. The zero-order valence-corrected chi connectivity index (χ0v) is 11.2. The summed E-state index contributed by atoms with van der Waals surface area (Å²) in [6.07, 6.45) is 8.85. The van der Waals surface area contributed by atoms with Crippen LogP contribution in [-0.2, 0) is 0 Å². The number of hydrogen-bond donors (Lipinski definition) is 0. The normalized spacial score (nSPS) is 19.5. The molecule has 0 aliphatic carbocycles. The Morgan fingerprint density at radius 3 is 2.56 bits per heavy atom. The van der Waals surface area contributed by atoms with Crippen molar-refractivity contribution in [2.45, 2.75) is 38.6 Å². The van der Waals surface area contributed by atoms with Crippen molar-refractivity contribution in [3.05, 3.63) is 18.0 Å². The fourth-order valence-electron chi connectivity index (χ4n) is 2.14. The zero-order chi connectivity index (χ0) is 11.5. The molecular formula is C12H21N3S. The molecule has 0 unspecified atom stereocenters. The lowest BCUT2D eigenvalue weighted by Crippen LogP contribution is -2.29. The van der Waals surface area contributed by atoms with Gasteiger partial charge in [0.15, 0.2) is 0 Å². The van der Waals surface area contributed by atoms with Gasteiger partial charge in [-0.2, -0.15) is 5.10 Å². The quantitative estimate of drug-likeness (QED) is 0.757. The highest BCUT2D eigenvalue weighted by molar-refractivity contribution is 7.96. The molecule has 0 spiro atoms. The predicted molar refractivity (Wildman–Crippen MR) is 69.7 cm³/mol. The van der Waals surface area contributed by atoms with E-state index >= 15 is 0 Å². The molecule has 0 bridgehead atoms. The van der Waals surface area contributed by atoms with E-state index in [-0.39, 0.29) is 0 Å². The lowest BCUT2D eigenvalue weighted by Gasteiger charge is -2.30. The van der Waals surface area contributed by atoms with Gasteiger partial charge < -0.3 is 0 Å². The molecule has 2 rings (SSSR count). The second kappa shape index (κ2) is 5.23. The monoisotopic (exact) mass is 239 g/mol. The van der Waals surface area contributed by atoms with Gasteiger partial charge in [0.1, 0.15) is 0 Å². The zero-order valence-electron chi connectivity index (χ0n) is 10.4. The van der Waals surface area contributed by atoms with Gasteiger partial charge >= 0.3 is 0 Å². The van der Waals surface area contributed by atoms with Crippen LogP contribution < -0.4 is 0 Å². The second-order valence-corrected chi connectivity index (χ2v) is 5.63. The lowest BCUT2D eigenvalue weighted by molar-refractivity contribution is 0.276. The number of rotatable bonds is 3. The van der Waals surface area contributed by atoms with Crippen molar-refractivity contribution in [1.29, 1.82) is 0 Å². The Hall–Kier alpha value is -0.480. The first-order valence-corrected chi connectivity index (χ1v) is 7.22. The average molecular weight is 239 g/mol. The molecule has 1 saturated heterocycles. The molecule has 0 aromatic carbocycles. The summed E-state index contributed by atoms with van der Waals surface area (Å²) in [5.41, 5.74) is 1.35. The lowest BCUT2D eigenvalue weighted by atomic mass is 10.1. The van der Waals surface area contributed by atoms with Gasteiger partial charge in [-0.25, -0.2) is 0 Å². The smallest absolute Gasteiger partial charge is 0.0544 e. The van der Waals surface area contributed by atoms with E-state index in [2.05, 4.69) is 40.4 Å².